The van der Waals surface area contributed by atoms with E-state index in [1.165, 1.54) is 38.9 Å². The van der Waals surface area contributed by atoms with E-state index in [1.54, 1.807) is 0 Å². The molecule has 8 aromatic rings. The Hall–Kier alpha value is -6.78. The molecule has 3 aliphatic rings. The van der Waals surface area contributed by atoms with Crippen LogP contribution in [0.4, 0.5) is 0 Å². The number of rotatable bonds is 4. The summed E-state index contributed by atoms with van der Waals surface area (Å²) < 4.78 is 13.7. The molecule has 0 fully saturated rings. The lowest BCUT2D eigenvalue weighted by atomic mass is 9.82. The maximum Gasteiger partial charge on any atom is 0.178 e. The number of aromatic nitrogens is 2. The summed E-state index contributed by atoms with van der Waals surface area (Å²) in [5.41, 5.74) is 16.5. The SMILES string of the molecule is CC1(C)c2ccccc2-c2ccc(-c3cc(-c4ccccc4)nc(-c4ccccc4-c4cccc5c4Oc4ccc6c(c4O5)-c4ccccc4C6(C)C)n3)cc21. The molecule has 4 heteroatoms. The second-order valence-corrected chi connectivity index (χ2v) is 16.1. The van der Waals surface area contributed by atoms with Crippen LogP contribution in [0.2, 0.25) is 0 Å². The van der Waals surface area contributed by atoms with Crippen molar-refractivity contribution in [3.63, 3.8) is 0 Å². The van der Waals surface area contributed by atoms with Crippen LogP contribution in [0.5, 0.6) is 23.0 Å². The Balaban J connectivity index is 1.05. The van der Waals surface area contributed by atoms with Crippen molar-refractivity contribution in [3.05, 3.63) is 180 Å². The first-order valence-corrected chi connectivity index (χ1v) is 19.3. The van der Waals surface area contributed by atoms with Gasteiger partial charge in [0, 0.05) is 38.6 Å². The minimum absolute atomic E-state index is 0.126. The fraction of sp³-hybridized carbons (Fsp3) is 0.115. The zero-order valence-corrected chi connectivity index (χ0v) is 31.7. The van der Waals surface area contributed by atoms with Gasteiger partial charge in [0.2, 0.25) is 0 Å². The van der Waals surface area contributed by atoms with Crippen molar-refractivity contribution in [2.75, 3.05) is 0 Å². The highest BCUT2D eigenvalue weighted by molar-refractivity contribution is 5.91. The van der Waals surface area contributed by atoms with Gasteiger partial charge in [0.05, 0.1) is 11.4 Å². The molecule has 2 heterocycles. The second-order valence-electron chi connectivity index (χ2n) is 16.1. The monoisotopic (exact) mass is 722 g/mol. The van der Waals surface area contributed by atoms with Gasteiger partial charge in [-0.1, -0.05) is 161 Å². The van der Waals surface area contributed by atoms with E-state index >= 15 is 0 Å². The lowest BCUT2D eigenvalue weighted by molar-refractivity contribution is 0.361. The third-order valence-electron chi connectivity index (χ3n) is 12.2. The Bertz CT molecular complexity index is 2920. The molecule has 1 aromatic heterocycles. The van der Waals surface area contributed by atoms with Crippen molar-refractivity contribution in [1.29, 1.82) is 0 Å². The van der Waals surface area contributed by atoms with Crippen LogP contribution in [-0.2, 0) is 10.8 Å². The van der Waals surface area contributed by atoms with Crippen LogP contribution in [0.15, 0.2) is 158 Å². The summed E-state index contributed by atoms with van der Waals surface area (Å²) in [6.07, 6.45) is 0. The lowest BCUT2D eigenvalue weighted by Crippen LogP contribution is -2.15. The predicted molar refractivity (Wildman–Crippen MR) is 225 cm³/mol. The molecule has 4 nitrogen and oxygen atoms in total. The molecule has 7 aromatic carbocycles. The van der Waals surface area contributed by atoms with Gasteiger partial charge < -0.3 is 9.47 Å². The molecule has 0 bridgehead atoms. The predicted octanol–water partition coefficient (Wildman–Crippen LogP) is 13.7. The van der Waals surface area contributed by atoms with Gasteiger partial charge >= 0.3 is 0 Å². The van der Waals surface area contributed by atoms with Crippen molar-refractivity contribution < 1.29 is 9.47 Å². The fourth-order valence-corrected chi connectivity index (χ4v) is 9.31. The van der Waals surface area contributed by atoms with Crippen molar-refractivity contribution in [2.45, 2.75) is 38.5 Å². The smallest absolute Gasteiger partial charge is 0.178 e. The summed E-state index contributed by atoms with van der Waals surface area (Å²) in [6, 6.07) is 55.4. The summed E-state index contributed by atoms with van der Waals surface area (Å²) in [4.78, 5) is 10.6. The Morgan fingerprint density at radius 3 is 1.73 bits per heavy atom. The van der Waals surface area contributed by atoms with Gasteiger partial charge in [-0.15, -0.1) is 0 Å². The van der Waals surface area contributed by atoms with E-state index in [2.05, 4.69) is 167 Å². The molecule has 0 saturated heterocycles. The summed E-state index contributed by atoms with van der Waals surface area (Å²) in [6.45, 7) is 9.19. The number of nitrogens with zero attached hydrogens (tertiary/aromatic N) is 2. The van der Waals surface area contributed by atoms with Gasteiger partial charge in [-0.2, -0.15) is 0 Å². The van der Waals surface area contributed by atoms with Gasteiger partial charge in [0.1, 0.15) is 0 Å². The zero-order chi connectivity index (χ0) is 37.8. The van der Waals surface area contributed by atoms with Gasteiger partial charge in [0.15, 0.2) is 28.8 Å². The molecule has 0 atom stereocenters. The third-order valence-corrected chi connectivity index (χ3v) is 12.2. The molecule has 1 aliphatic heterocycles. The van der Waals surface area contributed by atoms with E-state index in [4.69, 9.17) is 19.4 Å². The highest BCUT2D eigenvalue weighted by Crippen LogP contribution is 2.59. The quantitative estimate of drug-likeness (QED) is 0.181. The van der Waals surface area contributed by atoms with Crippen LogP contribution in [0.3, 0.4) is 0 Å². The van der Waals surface area contributed by atoms with Crippen molar-refractivity contribution in [3.8, 4) is 90.3 Å². The first-order valence-electron chi connectivity index (χ1n) is 19.3. The van der Waals surface area contributed by atoms with Crippen LogP contribution < -0.4 is 9.47 Å². The molecular formula is C52H38N2O2. The van der Waals surface area contributed by atoms with Crippen molar-refractivity contribution in [2.24, 2.45) is 0 Å². The summed E-state index contributed by atoms with van der Waals surface area (Å²) in [5.74, 6) is 3.48. The number of para-hydroxylation sites is 1. The lowest BCUT2D eigenvalue weighted by Gasteiger charge is -2.26. The van der Waals surface area contributed by atoms with E-state index in [-0.39, 0.29) is 10.8 Å². The van der Waals surface area contributed by atoms with Gasteiger partial charge in [0.25, 0.3) is 0 Å². The van der Waals surface area contributed by atoms with E-state index in [0.717, 1.165) is 50.5 Å². The van der Waals surface area contributed by atoms with Crippen LogP contribution in [0.25, 0.3) is 67.3 Å². The van der Waals surface area contributed by atoms with Crippen LogP contribution in [-0.4, -0.2) is 9.97 Å². The molecule has 2 aliphatic carbocycles. The van der Waals surface area contributed by atoms with Crippen molar-refractivity contribution in [1.82, 2.24) is 9.97 Å². The molecule has 268 valence electrons. The number of hydrogen-bond donors (Lipinski definition) is 0. The standard InChI is InChI=1S/C52H38N2O2/c1-51(2)40-23-13-11-20-38(40)47-41(51)27-28-46-49(47)56-45-24-14-21-36(48(45)55-46)33-17-8-9-19-37(33)50-53-43(31-15-6-5-7-16-31)30-44(54-50)32-25-26-35-34-18-10-12-22-39(34)52(3,4)42(35)29-32/h5-30H,1-4H3. The summed E-state index contributed by atoms with van der Waals surface area (Å²) >= 11 is 0. The summed E-state index contributed by atoms with van der Waals surface area (Å²) in [7, 11) is 0. The van der Waals surface area contributed by atoms with Crippen molar-refractivity contribution >= 4 is 0 Å². The largest absolute Gasteiger partial charge is 0.449 e. The number of hydrogen-bond acceptors (Lipinski definition) is 4. The zero-order valence-electron chi connectivity index (χ0n) is 31.7. The maximum absolute atomic E-state index is 6.87. The average molecular weight is 723 g/mol. The van der Waals surface area contributed by atoms with Crippen LogP contribution >= 0.6 is 0 Å². The molecule has 0 unspecified atom stereocenters. The first kappa shape index (κ1) is 32.6. The summed E-state index contributed by atoms with van der Waals surface area (Å²) in [5, 5.41) is 0. The molecule has 0 saturated carbocycles. The van der Waals surface area contributed by atoms with Crippen LogP contribution in [0.1, 0.15) is 49.9 Å². The molecular weight excluding hydrogens is 685 g/mol. The topological polar surface area (TPSA) is 44.2 Å². The highest BCUT2D eigenvalue weighted by atomic mass is 16.6. The van der Waals surface area contributed by atoms with Gasteiger partial charge in [-0.3, -0.25) is 0 Å². The Morgan fingerprint density at radius 2 is 0.946 bits per heavy atom. The normalized spacial score (nSPS) is 14.6. The Kier molecular flexibility index (Phi) is 6.91. The van der Waals surface area contributed by atoms with Crippen LogP contribution in [0, 0.1) is 0 Å². The molecule has 11 rings (SSSR count). The molecule has 0 amide bonds. The molecule has 56 heavy (non-hydrogen) atoms. The van der Waals surface area contributed by atoms with E-state index in [1.807, 2.05) is 18.2 Å². The third kappa shape index (κ3) is 4.72. The number of fused-ring (bicyclic) bond motifs is 9. The number of ether oxygens (including phenoxy) is 2. The van der Waals surface area contributed by atoms with E-state index in [9.17, 15) is 0 Å². The van der Waals surface area contributed by atoms with E-state index in [0.29, 0.717) is 23.1 Å². The molecule has 0 spiro atoms. The minimum atomic E-state index is -0.139. The Morgan fingerprint density at radius 1 is 0.375 bits per heavy atom. The van der Waals surface area contributed by atoms with Gasteiger partial charge in [-0.25, -0.2) is 9.97 Å². The second kappa shape index (κ2) is 11.9. The first-order chi connectivity index (χ1) is 27.3. The van der Waals surface area contributed by atoms with E-state index < -0.39 is 0 Å². The maximum atomic E-state index is 6.87. The highest BCUT2D eigenvalue weighted by Gasteiger charge is 2.40. The fourth-order valence-electron chi connectivity index (χ4n) is 9.31. The Labute approximate surface area is 327 Å². The molecule has 0 radical (unpaired) electrons. The molecule has 0 N–H and O–H groups in total. The van der Waals surface area contributed by atoms with Gasteiger partial charge in [-0.05, 0) is 68.8 Å². The minimum Gasteiger partial charge on any atom is -0.449 e. The average Bonchev–Trinajstić information content (AvgIpc) is 3.62. The number of benzene rings is 7.